The summed E-state index contributed by atoms with van der Waals surface area (Å²) in [6, 6.07) is 7.40. The predicted molar refractivity (Wildman–Crippen MR) is 85.9 cm³/mol. The van der Waals surface area contributed by atoms with Gasteiger partial charge < -0.3 is 9.84 Å². The summed E-state index contributed by atoms with van der Waals surface area (Å²) in [6.45, 7) is 2.91. The van der Waals surface area contributed by atoms with Crippen molar-refractivity contribution in [2.75, 3.05) is 6.61 Å². The molecule has 0 heterocycles. The molecule has 0 bridgehead atoms. The van der Waals surface area contributed by atoms with Crippen molar-refractivity contribution in [2.45, 2.75) is 64.7 Å². The van der Waals surface area contributed by atoms with E-state index in [0.717, 1.165) is 12.0 Å². The molecule has 1 N–H and O–H groups in total. The molecule has 0 aliphatic rings. The number of para-hydroxylation sites is 1. The van der Waals surface area contributed by atoms with E-state index < -0.39 is 5.97 Å². The largest absolute Gasteiger partial charge is 0.493 e. The molecule has 0 aliphatic heterocycles. The van der Waals surface area contributed by atoms with Crippen molar-refractivity contribution in [2.24, 2.45) is 0 Å². The Morgan fingerprint density at radius 1 is 1.00 bits per heavy atom. The summed E-state index contributed by atoms with van der Waals surface area (Å²) in [6.07, 6.45) is 10.2. The molecule has 0 saturated heterocycles. The third kappa shape index (κ3) is 8.38. The Morgan fingerprint density at radius 2 is 1.62 bits per heavy atom. The second-order valence-electron chi connectivity index (χ2n) is 5.50. The number of hydrogen-bond acceptors (Lipinski definition) is 2. The average Bonchev–Trinajstić information content (AvgIpc) is 2.46. The number of carboxylic acids is 1. The molecule has 1 rings (SSSR count). The third-order valence-corrected chi connectivity index (χ3v) is 3.57. The van der Waals surface area contributed by atoms with Gasteiger partial charge in [-0.05, 0) is 12.5 Å². The van der Waals surface area contributed by atoms with Gasteiger partial charge in [-0.15, -0.1) is 0 Å². The van der Waals surface area contributed by atoms with Gasteiger partial charge in [-0.1, -0.05) is 70.1 Å². The van der Waals surface area contributed by atoms with E-state index in [-0.39, 0.29) is 6.42 Å². The highest BCUT2D eigenvalue weighted by Crippen LogP contribution is 2.19. The molecule has 0 saturated carbocycles. The first kappa shape index (κ1) is 17.5. The molecular weight excluding hydrogens is 264 g/mol. The SMILES string of the molecule is CCCCCCCCCCOc1ccccc1CC(=O)O. The Hall–Kier alpha value is -1.51. The summed E-state index contributed by atoms with van der Waals surface area (Å²) in [4.78, 5) is 10.8. The number of hydrogen-bond donors (Lipinski definition) is 1. The van der Waals surface area contributed by atoms with E-state index in [0.29, 0.717) is 12.4 Å². The van der Waals surface area contributed by atoms with Crippen LogP contribution < -0.4 is 4.74 Å². The molecule has 1 aromatic carbocycles. The van der Waals surface area contributed by atoms with Crippen LogP contribution in [0, 0.1) is 0 Å². The summed E-state index contributed by atoms with van der Waals surface area (Å²) in [7, 11) is 0. The zero-order valence-corrected chi connectivity index (χ0v) is 13.1. The topological polar surface area (TPSA) is 46.5 Å². The number of unbranched alkanes of at least 4 members (excludes halogenated alkanes) is 7. The fourth-order valence-corrected chi connectivity index (χ4v) is 2.37. The molecule has 0 unspecified atom stereocenters. The molecule has 3 heteroatoms. The van der Waals surface area contributed by atoms with Crippen LogP contribution in [0.2, 0.25) is 0 Å². The Morgan fingerprint density at radius 3 is 2.29 bits per heavy atom. The summed E-state index contributed by atoms with van der Waals surface area (Å²) >= 11 is 0. The summed E-state index contributed by atoms with van der Waals surface area (Å²) in [5.74, 6) is -0.110. The van der Waals surface area contributed by atoms with Crippen LogP contribution in [0.25, 0.3) is 0 Å². The van der Waals surface area contributed by atoms with E-state index in [2.05, 4.69) is 6.92 Å². The van der Waals surface area contributed by atoms with Crippen molar-refractivity contribution < 1.29 is 14.6 Å². The highest BCUT2D eigenvalue weighted by atomic mass is 16.5. The van der Waals surface area contributed by atoms with Gasteiger partial charge in [0.1, 0.15) is 5.75 Å². The van der Waals surface area contributed by atoms with E-state index in [9.17, 15) is 4.79 Å². The number of carboxylic acid groups (broad SMARTS) is 1. The molecule has 1 aromatic rings. The quantitative estimate of drug-likeness (QED) is 0.561. The number of ether oxygens (including phenoxy) is 1. The maximum atomic E-state index is 10.8. The van der Waals surface area contributed by atoms with E-state index in [1.165, 1.54) is 44.9 Å². The lowest BCUT2D eigenvalue weighted by atomic mass is 10.1. The van der Waals surface area contributed by atoms with Crippen LogP contribution in [0.1, 0.15) is 63.9 Å². The first-order chi connectivity index (χ1) is 10.2. The fraction of sp³-hybridized carbons (Fsp3) is 0.611. The number of aliphatic carboxylic acids is 1. The van der Waals surface area contributed by atoms with Gasteiger partial charge in [0, 0.05) is 5.56 Å². The normalized spacial score (nSPS) is 10.5. The minimum absolute atomic E-state index is 0.0214. The lowest BCUT2D eigenvalue weighted by Crippen LogP contribution is -2.04. The van der Waals surface area contributed by atoms with Crippen LogP contribution in [0.15, 0.2) is 24.3 Å². The minimum Gasteiger partial charge on any atom is -0.493 e. The third-order valence-electron chi connectivity index (χ3n) is 3.57. The van der Waals surface area contributed by atoms with Crippen LogP contribution >= 0.6 is 0 Å². The van der Waals surface area contributed by atoms with Crippen LogP contribution in [-0.4, -0.2) is 17.7 Å². The highest BCUT2D eigenvalue weighted by molar-refractivity contribution is 5.71. The van der Waals surface area contributed by atoms with Gasteiger partial charge in [0.15, 0.2) is 0 Å². The second-order valence-corrected chi connectivity index (χ2v) is 5.50. The van der Waals surface area contributed by atoms with E-state index in [1.54, 1.807) is 0 Å². The molecular formula is C18H28O3. The smallest absolute Gasteiger partial charge is 0.307 e. The highest BCUT2D eigenvalue weighted by Gasteiger charge is 2.06. The molecule has 0 atom stereocenters. The molecule has 3 nitrogen and oxygen atoms in total. The summed E-state index contributed by atoms with van der Waals surface area (Å²) < 4.78 is 5.72. The average molecular weight is 292 g/mol. The first-order valence-electron chi connectivity index (χ1n) is 8.16. The van der Waals surface area contributed by atoms with Crippen LogP contribution in [0.4, 0.5) is 0 Å². The Bertz CT molecular complexity index is 401. The predicted octanol–water partition coefficient (Wildman–Crippen LogP) is 4.83. The number of rotatable bonds is 12. The molecule has 0 aromatic heterocycles. The fourth-order valence-electron chi connectivity index (χ4n) is 2.37. The van der Waals surface area contributed by atoms with Gasteiger partial charge in [-0.2, -0.15) is 0 Å². The minimum atomic E-state index is -0.821. The molecule has 21 heavy (non-hydrogen) atoms. The van der Waals surface area contributed by atoms with E-state index >= 15 is 0 Å². The molecule has 0 fully saturated rings. The molecule has 0 radical (unpaired) electrons. The van der Waals surface area contributed by atoms with Crippen molar-refractivity contribution in [1.82, 2.24) is 0 Å². The molecule has 0 spiro atoms. The maximum absolute atomic E-state index is 10.8. The molecule has 0 aliphatic carbocycles. The number of benzene rings is 1. The van der Waals surface area contributed by atoms with Crippen molar-refractivity contribution in [3.8, 4) is 5.75 Å². The molecule has 118 valence electrons. The second kappa shape index (κ2) is 11.2. The maximum Gasteiger partial charge on any atom is 0.307 e. The Kier molecular flexibility index (Phi) is 9.34. The van der Waals surface area contributed by atoms with Gasteiger partial charge in [-0.3, -0.25) is 4.79 Å². The van der Waals surface area contributed by atoms with Crippen LogP contribution in [0.3, 0.4) is 0 Å². The zero-order valence-electron chi connectivity index (χ0n) is 13.1. The standard InChI is InChI=1S/C18H28O3/c1-2-3-4-5-6-7-8-11-14-21-17-13-10-9-12-16(17)15-18(19)20/h9-10,12-13H,2-8,11,14-15H2,1H3,(H,19,20). The Labute approximate surface area is 128 Å². The van der Waals surface area contributed by atoms with E-state index in [4.69, 9.17) is 9.84 Å². The van der Waals surface area contributed by atoms with Crippen molar-refractivity contribution >= 4 is 5.97 Å². The molecule has 0 amide bonds. The van der Waals surface area contributed by atoms with Gasteiger partial charge in [0.2, 0.25) is 0 Å². The zero-order chi connectivity index (χ0) is 15.3. The van der Waals surface area contributed by atoms with Gasteiger partial charge in [-0.25, -0.2) is 0 Å². The monoisotopic (exact) mass is 292 g/mol. The van der Waals surface area contributed by atoms with Crippen LogP contribution in [-0.2, 0) is 11.2 Å². The first-order valence-corrected chi connectivity index (χ1v) is 8.16. The van der Waals surface area contributed by atoms with Gasteiger partial charge >= 0.3 is 5.97 Å². The summed E-state index contributed by atoms with van der Waals surface area (Å²) in [5.41, 5.74) is 0.754. The van der Waals surface area contributed by atoms with Crippen molar-refractivity contribution in [3.05, 3.63) is 29.8 Å². The van der Waals surface area contributed by atoms with Gasteiger partial charge in [0.25, 0.3) is 0 Å². The van der Waals surface area contributed by atoms with E-state index in [1.807, 2.05) is 24.3 Å². The lowest BCUT2D eigenvalue weighted by Gasteiger charge is -2.10. The van der Waals surface area contributed by atoms with Crippen LogP contribution in [0.5, 0.6) is 5.75 Å². The van der Waals surface area contributed by atoms with Crippen molar-refractivity contribution in [1.29, 1.82) is 0 Å². The lowest BCUT2D eigenvalue weighted by molar-refractivity contribution is -0.136. The Balaban J connectivity index is 2.14. The number of carbonyl (C=O) groups is 1. The van der Waals surface area contributed by atoms with Crippen molar-refractivity contribution in [3.63, 3.8) is 0 Å². The summed E-state index contributed by atoms with van der Waals surface area (Å²) in [5, 5.41) is 8.87. The van der Waals surface area contributed by atoms with Gasteiger partial charge in [0.05, 0.1) is 13.0 Å².